The first kappa shape index (κ1) is 17.2. The summed E-state index contributed by atoms with van der Waals surface area (Å²) in [7, 11) is 1.58. The molecule has 2 atom stereocenters. The number of methoxy groups -OCH3 is 1. The van der Waals surface area contributed by atoms with Gasteiger partial charge in [0.1, 0.15) is 5.75 Å². The average molecular weight is 342 g/mol. The topological polar surface area (TPSA) is 75.7 Å². The minimum Gasteiger partial charge on any atom is -0.496 e. The molecule has 0 aromatic heterocycles. The van der Waals surface area contributed by atoms with Crippen molar-refractivity contribution in [3.05, 3.63) is 42.0 Å². The molecule has 2 aliphatic rings. The van der Waals surface area contributed by atoms with Crippen LogP contribution in [0.5, 0.6) is 5.75 Å². The third kappa shape index (κ3) is 3.57. The number of carbonyl (C=O) groups is 3. The van der Waals surface area contributed by atoms with E-state index in [9.17, 15) is 14.4 Å². The van der Waals surface area contributed by atoms with Crippen molar-refractivity contribution >= 4 is 17.7 Å². The Morgan fingerprint density at radius 3 is 2.44 bits per heavy atom. The lowest BCUT2D eigenvalue weighted by atomic mass is 9.85. The molecule has 25 heavy (non-hydrogen) atoms. The third-order valence-corrected chi connectivity index (χ3v) is 4.83. The molecule has 1 aliphatic heterocycles. The van der Waals surface area contributed by atoms with E-state index in [1.807, 2.05) is 36.4 Å². The van der Waals surface area contributed by atoms with Gasteiger partial charge in [-0.05, 0) is 18.9 Å². The Morgan fingerprint density at radius 2 is 1.80 bits per heavy atom. The first-order chi connectivity index (χ1) is 12.1. The summed E-state index contributed by atoms with van der Waals surface area (Å²) in [5.41, 5.74) is 0.878. The van der Waals surface area contributed by atoms with Crippen LogP contribution in [0.15, 0.2) is 36.4 Å². The van der Waals surface area contributed by atoms with Gasteiger partial charge in [0.05, 0.1) is 18.9 Å². The zero-order valence-electron chi connectivity index (χ0n) is 14.2. The second-order valence-corrected chi connectivity index (χ2v) is 6.32. The Kier molecular flexibility index (Phi) is 5.16. The van der Waals surface area contributed by atoms with Crippen molar-refractivity contribution in [1.82, 2.24) is 10.2 Å². The van der Waals surface area contributed by atoms with Crippen molar-refractivity contribution in [2.75, 3.05) is 13.7 Å². The molecule has 0 spiro atoms. The minimum absolute atomic E-state index is 0.111. The summed E-state index contributed by atoms with van der Waals surface area (Å²) in [6, 6.07) is 7.45. The fourth-order valence-electron chi connectivity index (χ4n) is 3.43. The van der Waals surface area contributed by atoms with E-state index >= 15 is 0 Å². The van der Waals surface area contributed by atoms with Crippen molar-refractivity contribution in [3.8, 4) is 5.75 Å². The highest BCUT2D eigenvalue weighted by Gasteiger charge is 2.46. The molecule has 0 unspecified atom stereocenters. The highest BCUT2D eigenvalue weighted by Crippen LogP contribution is 2.34. The summed E-state index contributed by atoms with van der Waals surface area (Å²) >= 11 is 0. The van der Waals surface area contributed by atoms with Gasteiger partial charge >= 0.3 is 0 Å². The highest BCUT2D eigenvalue weighted by molar-refractivity contribution is 6.05. The molecule has 3 amide bonds. The van der Waals surface area contributed by atoms with Crippen molar-refractivity contribution in [3.63, 3.8) is 0 Å². The molecule has 1 N–H and O–H groups in total. The standard InChI is InChI=1S/C19H22N2O4/c1-25-16-9-5-2-6-13(16)12-20-17(22)10-11-21-18(23)14-7-3-4-8-15(14)19(21)24/h2-6,9,14-15H,7-8,10-12H2,1H3,(H,20,22)/t14-,15-/m1/s1. The predicted octanol–water partition coefficient (Wildman–Crippen LogP) is 1.65. The number of ether oxygens (including phenoxy) is 1. The largest absolute Gasteiger partial charge is 0.496 e. The van der Waals surface area contributed by atoms with Gasteiger partial charge in [0.25, 0.3) is 0 Å². The number of rotatable bonds is 6. The summed E-state index contributed by atoms with van der Waals surface area (Å²) < 4.78 is 5.25. The number of likely N-dealkylation sites (tertiary alicyclic amines) is 1. The predicted molar refractivity (Wildman–Crippen MR) is 91.5 cm³/mol. The quantitative estimate of drug-likeness (QED) is 0.630. The fraction of sp³-hybridized carbons (Fsp3) is 0.421. The van der Waals surface area contributed by atoms with Crippen molar-refractivity contribution in [1.29, 1.82) is 0 Å². The van der Waals surface area contributed by atoms with Gasteiger partial charge in [-0.15, -0.1) is 0 Å². The molecule has 132 valence electrons. The first-order valence-corrected chi connectivity index (χ1v) is 8.50. The van der Waals surface area contributed by atoms with E-state index < -0.39 is 0 Å². The van der Waals surface area contributed by atoms with Gasteiger partial charge < -0.3 is 10.1 Å². The minimum atomic E-state index is -0.242. The lowest BCUT2D eigenvalue weighted by Crippen LogP contribution is -2.35. The second-order valence-electron chi connectivity index (χ2n) is 6.32. The number of nitrogens with zero attached hydrogens (tertiary/aromatic N) is 1. The Bertz CT molecular complexity index is 687. The molecule has 6 heteroatoms. The average Bonchev–Trinajstić information content (AvgIpc) is 2.89. The van der Waals surface area contributed by atoms with Gasteiger partial charge in [-0.1, -0.05) is 30.4 Å². The van der Waals surface area contributed by atoms with Crippen LogP contribution in [0.25, 0.3) is 0 Å². The molecular weight excluding hydrogens is 320 g/mol. The van der Waals surface area contributed by atoms with Crippen LogP contribution in [-0.2, 0) is 20.9 Å². The van der Waals surface area contributed by atoms with Crippen LogP contribution in [0.3, 0.4) is 0 Å². The van der Waals surface area contributed by atoms with Crippen molar-refractivity contribution in [2.24, 2.45) is 11.8 Å². The SMILES string of the molecule is COc1ccccc1CNC(=O)CCN1C(=O)[C@@H]2CC=CC[C@H]2C1=O. The number of hydrogen-bond donors (Lipinski definition) is 1. The molecule has 1 aromatic carbocycles. The Morgan fingerprint density at radius 1 is 1.16 bits per heavy atom. The number of para-hydroxylation sites is 1. The van der Waals surface area contributed by atoms with Crippen LogP contribution in [0.1, 0.15) is 24.8 Å². The van der Waals surface area contributed by atoms with Crippen molar-refractivity contribution < 1.29 is 19.1 Å². The maximum atomic E-state index is 12.3. The van der Waals surface area contributed by atoms with Gasteiger partial charge in [0.15, 0.2) is 0 Å². The number of amides is 3. The van der Waals surface area contributed by atoms with E-state index in [1.54, 1.807) is 7.11 Å². The number of fused-ring (bicyclic) bond motifs is 1. The number of nitrogens with one attached hydrogen (secondary N) is 1. The molecule has 0 radical (unpaired) electrons. The molecule has 6 nitrogen and oxygen atoms in total. The Balaban J connectivity index is 1.51. The smallest absolute Gasteiger partial charge is 0.233 e. The molecule has 0 saturated carbocycles. The molecule has 3 rings (SSSR count). The van der Waals surface area contributed by atoms with E-state index in [0.29, 0.717) is 25.1 Å². The van der Waals surface area contributed by atoms with Gasteiger partial charge in [0.2, 0.25) is 17.7 Å². The van der Waals surface area contributed by atoms with Crippen LogP contribution < -0.4 is 10.1 Å². The molecule has 1 fully saturated rings. The monoisotopic (exact) mass is 342 g/mol. The summed E-state index contributed by atoms with van der Waals surface area (Å²) in [6.07, 6.45) is 5.25. The van der Waals surface area contributed by atoms with E-state index in [0.717, 1.165) is 5.56 Å². The zero-order chi connectivity index (χ0) is 17.8. The lowest BCUT2D eigenvalue weighted by molar-refractivity contribution is -0.140. The van der Waals surface area contributed by atoms with Gasteiger partial charge in [0, 0.05) is 25.1 Å². The molecule has 1 heterocycles. The molecule has 1 aromatic rings. The summed E-state index contributed by atoms with van der Waals surface area (Å²) in [4.78, 5) is 38.0. The number of allylic oxidation sites excluding steroid dienone is 2. The van der Waals surface area contributed by atoms with Crippen LogP contribution in [0.4, 0.5) is 0 Å². The maximum Gasteiger partial charge on any atom is 0.233 e. The normalized spacial score (nSPS) is 22.0. The van der Waals surface area contributed by atoms with Gasteiger partial charge in [-0.25, -0.2) is 0 Å². The third-order valence-electron chi connectivity index (χ3n) is 4.83. The Labute approximate surface area is 146 Å². The number of benzene rings is 1. The van der Waals surface area contributed by atoms with Crippen LogP contribution in [0.2, 0.25) is 0 Å². The van der Waals surface area contributed by atoms with E-state index in [2.05, 4.69) is 5.32 Å². The maximum absolute atomic E-state index is 12.3. The molecule has 1 saturated heterocycles. The summed E-state index contributed by atoms with van der Waals surface area (Å²) in [5.74, 6) is -0.249. The van der Waals surface area contributed by atoms with Gasteiger partial charge in [-0.2, -0.15) is 0 Å². The fourth-order valence-corrected chi connectivity index (χ4v) is 3.43. The van der Waals surface area contributed by atoms with Crippen LogP contribution in [-0.4, -0.2) is 36.3 Å². The number of carbonyl (C=O) groups excluding carboxylic acids is 3. The van der Waals surface area contributed by atoms with Crippen molar-refractivity contribution in [2.45, 2.75) is 25.8 Å². The zero-order valence-corrected chi connectivity index (χ0v) is 14.2. The first-order valence-electron chi connectivity index (χ1n) is 8.50. The number of imide groups is 1. The van der Waals surface area contributed by atoms with E-state index in [1.165, 1.54) is 4.90 Å². The van der Waals surface area contributed by atoms with E-state index in [4.69, 9.17) is 4.74 Å². The van der Waals surface area contributed by atoms with E-state index in [-0.39, 0.29) is 42.5 Å². The van der Waals surface area contributed by atoms with Crippen LogP contribution >= 0.6 is 0 Å². The molecule has 0 bridgehead atoms. The second kappa shape index (κ2) is 7.51. The van der Waals surface area contributed by atoms with Crippen LogP contribution in [0, 0.1) is 11.8 Å². The lowest BCUT2D eigenvalue weighted by Gasteiger charge is -2.15. The van der Waals surface area contributed by atoms with Gasteiger partial charge in [-0.3, -0.25) is 19.3 Å². The molecular formula is C19H22N2O4. The molecule has 1 aliphatic carbocycles. The Hall–Kier alpha value is -2.63. The highest BCUT2D eigenvalue weighted by atomic mass is 16.5. The number of hydrogen-bond acceptors (Lipinski definition) is 4. The summed E-state index contributed by atoms with van der Waals surface area (Å²) in [5, 5.41) is 2.81. The summed E-state index contributed by atoms with van der Waals surface area (Å²) in [6.45, 7) is 0.488.